The topological polar surface area (TPSA) is 32.3 Å². The number of amides is 1. The molecule has 5 heteroatoms. The fourth-order valence-electron chi connectivity index (χ4n) is 2.91. The van der Waals surface area contributed by atoms with E-state index in [0.717, 1.165) is 10.5 Å². The molecule has 0 saturated carbocycles. The average Bonchev–Trinajstić information content (AvgIpc) is 2.74. The van der Waals surface area contributed by atoms with Gasteiger partial charge in [0.2, 0.25) is 0 Å². The Kier molecular flexibility index (Phi) is 3.81. The number of thioether (sulfide) groups is 1. The molecule has 1 aromatic carbocycles. The molecule has 1 fully saturated rings. The molecule has 3 nitrogen and oxygen atoms in total. The van der Waals surface area contributed by atoms with E-state index in [9.17, 15) is 4.79 Å². The predicted octanol–water partition coefficient (Wildman–Crippen LogP) is 4.37. The molecule has 2 heterocycles. The van der Waals surface area contributed by atoms with Gasteiger partial charge in [-0.05, 0) is 61.9 Å². The minimum Gasteiger partial charge on any atom is -0.366 e. The monoisotopic (exact) mass is 332 g/mol. The molecule has 0 spiro atoms. The van der Waals surface area contributed by atoms with Crippen LogP contribution in [0.4, 0.5) is 10.5 Å². The van der Waals surface area contributed by atoms with Gasteiger partial charge < -0.3 is 10.2 Å². The van der Waals surface area contributed by atoms with Crippen molar-refractivity contribution in [2.24, 2.45) is 0 Å². The molecule has 0 radical (unpaired) electrons. The highest BCUT2D eigenvalue weighted by Gasteiger charge is 2.28. The molecule has 22 heavy (non-hydrogen) atoms. The van der Waals surface area contributed by atoms with E-state index < -0.39 is 0 Å². The second kappa shape index (κ2) is 5.39. The SMILES string of the molecule is CC1=CC(C)(C)N(C)c2ccc(/C=C3\SC(=O)NC3S)cc21. The Balaban J connectivity index is 2.01. The summed E-state index contributed by atoms with van der Waals surface area (Å²) < 4.78 is 0. The van der Waals surface area contributed by atoms with Gasteiger partial charge in [-0.1, -0.05) is 12.1 Å². The number of nitrogens with one attached hydrogen (secondary N) is 1. The molecule has 0 aromatic heterocycles. The molecule has 2 aliphatic rings. The third-order valence-corrected chi connectivity index (χ3v) is 5.76. The van der Waals surface area contributed by atoms with Crippen molar-refractivity contribution in [2.75, 3.05) is 11.9 Å². The minimum absolute atomic E-state index is 0.0188. The van der Waals surface area contributed by atoms with Crippen molar-refractivity contribution in [3.05, 3.63) is 40.3 Å². The van der Waals surface area contributed by atoms with Gasteiger partial charge in [0.15, 0.2) is 0 Å². The Labute approximate surface area is 141 Å². The van der Waals surface area contributed by atoms with Crippen LogP contribution in [0, 0.1) is 0 Å². The van der Waals surface area contributed by atoms with Crippen LogP contribution in [0.2, 0.25) is 0 Å². The van der Waals surface area contributed by atoms with E-state index in [0.29, 0.717) is 0 Å². The first-order chi connectivity index (χ1) is 10.3. The number of allylic oxidation sites excluding steroid dienone is 1. The molecular weight excluding hydrogens is 312 g/mol. The fourth-order valence-corrected chi connectivity index (χ4v) is 4.11. The lowest BCUT2D eigenvalue weighted by Crippen LogP contribution is -2.42. The van der Waals surface area contributed by atoms with Gasteiger partial charge in [-0.25, -0.2) is 0 Å². The maximum Gasteiger partial charge on any atom is 0.284 e. The molecule has 1 atom stereocenters. The Morgan fingerprint density at radius 1 is 1.41 bits per heavy atom. The number of carbonyl (C=O) groups excluding carboxylic acids is 1. The number of anilines is 1. The molecule has 1 N–H and O–H groups in total. The van der Waals surface area contributed by atoms with E-state index >= 15 is 0 Å². The molecule has 3 rings (SSSR count). The average molecular weight is 332 g/mol. The molecule has 0 bridgehead atoms. The van der Waals surface area contributed by atoms with E-state index in [1.165, 1.54) is 28.6 Å². The number of likely N-dealkylation sites (N-methyl/N-ethyl adjacent to an activating group) is 1. The molecular formula is C17H20N2OS2. The molecule has 1 amide bonds. The zero-order valence-electron chi connectivity index (χ0n) is 13.2. The van der Waals surface area contributed by atoms with Crippen LogP contribution in [0.25, 0.3) is 11.6 Å². The van der Waals surface area contributed by atoms with Crippen molar-refractivity contribution < 1.29 is 4.79 Å². The number of carbonyl (C=O) groups is 1. The first kappa shape index (κ1) is 15.6. The van der Waals surface area contributed by atoms with Crippen molar-refractivity contribution in [1.29, 1.82) is 0 Å². The number of hydrogen-bond acceptors (Lipinski definition) is 4. The van der Waals surface area contributed by atoms with E-state index in [4.69, 9.17) is 0 Å². The van der Waals surface area contributed by atoms with Gasteiger partial charge in [-0.3, -0.25) is 4.79 Å². The van der Waals surface area contributed by atoms with Crippen LogP contribution >= 0.6 is 24.4 Å². The van der Waals surface area contributed by atoms with Crippen molar-refractivity contribution >= 4 is 47.0 Å². The van der Waals surface area contributed by atoms with Gasteiger partial charge in [-0.15, -0.1) is 12.6 Å². The predicted molar refractivity (Wildman–Crippen MR) is 99.4 cm³/mol. The number of fused-ring (bicyclic) bond motifs is 1. The van der Waals surface area contributed by atoms with Crippen LogP contribution in [-0.2, 0) is 0 Å². The van der Waals surface area contributed by atoms with Gasteiger partial charge >= 0.3 is 0 Å². The molecule has 1 unspecified atom stereocenters. The minimum atomic E-state index is -0.202. The van der Waals surface area contributed by atoms with Gasteiger partial charge in [0.25, 0.3) is 5.24 Å². The molecule has 1 saturated heterocycles. The van der Waals surface area contributed by atoms with E-state index in [1.54, 1.807) is 0 Å². The zero-order chi connectivity index (χ0) is 16.1. The number of hydrogen-bond donors (Lipinski definition) is 2. The lowest BCUT2D eigenvalue weighted by Gasteiger charge is -2.40. The lowest BCUT2D eigenvalue weighted by molar-refractivity contribution is 0.262. The summed E-state index contributed by atoms with van der Waals surface area (Å²) in [5.41, 5.74) is 4.88. The number of thiol groups is 1. The summed E-state index contributed by atoms with van der Waals surface area (Å²) >= 11 is 5.61. The Morgan fingerprint density at radius 2 is 2.14 bits per heavy atom. The standard InChI is InChI=1S/C17H20N2OS2/c1-10-9-17(2,3)19(4)13-6-5-11(7-12(10)13)8-14-15(21)18-16(20)22-14/h5-9,15,21H,1-4H3,(H,18,20)/b14-8-. The first-order valence-electron chi connectivity index (χ1n) is 7.24. The highest BCUT2D eigenvalue weighted by molar-refractivity contribution is 8.18. The van der Waals surface area contributed by atoms with Gasteiger partial charge in [0.05, 0.1) is 5.54 Å². The van der Waals surface area contributed by atoms with Crippen LogP contribution < -0.4 is 10.2 Å². The highest BCUT2D eigenvalue weighted by Crippen LogP contribution is 2.39. The third-order valence-electron chi connectivity index (χ3n) is 4.28. The normalized spacial score (nSPS) is 25.0. The third kappa shape index (κ3) is 2.68. The summed E-state index contributed by atoms with van der Waals surface area (Å²) in [5, 5.41) is 2.53. The van der Waals surface area contributed by atoms with Crippen molar-refractivity contribution in [2.45, 2.75) is 31.7 Å². The maximum atomic E-state index is 11.4. The van der Waals surface area contributed by atoms with Crippen LogP contribution in [0.5, 0.6) is 0 Å². The van der Waals surface area contributed by atoms with E-state index in [-0.39, 0.29) is 16.2 Å². The summed E-state index contributed by atoms with van der Waals surface area (Å²) in [4.78, 5) is 14.6. The largest absolute Gasteiger partial charge is 0.366 e. The van der Waals surface area contributed by atoms with Crippen LogP contribution in [0.15, 0.2) is 29.2 Å². The molecule has 1 aromatic rings. The van der Waals surface area contributed by atoms with Crippen LogP contribution in [-0.4, -0.2) is 23.2 Å². The number of nitrogens with zero attached hydrogens (tertiary/aromatic N) is 1. The van der Waals surface area contributed by atoms with Crippen molar-refractivity contribution in [1.82, 2.24) is 5.32 Å². The summed E-state index contributed by atoms with van der Waals surface area (Å²) in [6.07, 6.45) is 4.33. The van der Waals surface area contributed by atoms with Crippen molar-refractivity contribution in [3.63, 3.8) is 0 Å². The van der Waals surface area contributed by atoms with Gasteiger partial charge in [-0.2, -0.15) is 0 Å². The Bertz CT molecular complexity index is 707. The number of rotatable bonds is 1. The van der Waals surface area contributed by atoms with Crippen LogP contribution in [0.3, 0.4) is 0 Å². The second-order valence-electron chi connectivity index (χ2n) is 6.30. The van der Waals surface area contributed by atoms with Crippen LogP contribution in [0.1, 0.15) is 31.9 Å². The number of benzene rings is 1. The smallest absolute Gasteiger partial charge is 0.284 e. The first-order valence-corrected chi connectivity index (χ1v) is 8.57. The van der Waals surface area contributed by atoms with E-state index in [2.05, 4.69) is 74.9 Å². The van der Waals surface area contributed by atoms with Crippen molar-refractivity contribution in [3.8, 4) is 0 Å². The summed E-state index contributed by atoms with van der Waals surface area (Å²) in [6, 6.07) is 6.44. The quantitative estimate of drug-likeness (QED) is 0.749. The maximum absolute atomic E-state index is 11.4. The van der Waals surface area contributed by atoms with E-state index in [1.807, 2.05) is 6.08 Å². The summed E-state index contributed by atoms with van der Waals surface area (Å²) in [7, 11) is 2.12. The Hall–Kier alpha value is -1.33. The second-order valence-corrected chi connectivity index (χ2v) is 7.86. The lowest BCUT2D eigenvalue weighted by atomic mass is 9.88. The summed E-state index contributed by atoms with van der Waals surface area (Å²) in [6.45, 7) is 6.59. The molecule has 2 aliphatic heterocycles. The Morgan fingerprint density at radius 3 is 2.77 bits per heavy atom. The molecule has 0 aliphatic carbocycles. The molecule has 116 valence electrons. The fraction of sp³-hybridized carbons (Fsp3) is 0.353. The van der Waals surface area contributed by atoms with Gasteiger partial charge in [0, 0.05) is 23.2 Å². The highest BCUT2D eigenvalue weighted by atomic mass is 32.2. The zero-order valence-corrected chi connectivity index (χ0v) is 14.9. The summed E-state index contributed by atoms with van der Waals surface area (Å²) in [5.74, 6) is 0. The van der Waals surface area contributed by atoms with Gasteiger partial charge in [0.1, 0.15) is 5.37 Å².